The van der Waals surface area contributed by atoms with Gasteiger partial charge >= 0.3 is 5.97 Å². The summed E-state index contributed by atoms with van der Waals surface area (Å²) in [7, 11) is 1.61. The Morgan fingerprint density at radius 1 is 1.15 bits per heavy atom. The van der Waals surface area contributed by atoms with Gasteiger partial charge in [-0.05, 0) is 0 Å². The van der Waals surface area contributed by atoms with E-state index in [4.69, 9.17) is 14.2 Å². The zero-order valence-corrected chi connectivity index (χ0v) is 8.54. The Morgan fingerprint density at radius 3 is 2.31 bits per heavy atom. The minimum Gasteiger partial charge on any atom is -0.463 e. The van der Waals surface area contributed by atoms with Crippen LogP contribution in [0, 0.1) is 5.92 Å². The molecule has 0 aliphatic heterocycles. The van der Waals surface area contributed by atoms with Crippen LogP contribution in [-0.4, -0.2) is 39.5 Å². The number of rotatable bonds is 7. The maximum atomic E-state index is 10.9. The van der Waals surface area contributed by atoms with E-state index in [2.05, 4.69) is 0 Å². The number of carbonyl (C=O) groups is 1. The van der Waals surface area contributed by atoms with Crippen LogP contribution in [0.5, 0.6) is 0 Å². The van der Waals surface area contributed by atoms with E-state index < -0.39 is 0 Å². The van der Waals surface area contributed by atoms with Gasteiger partial charge in [0.05, 0.1) is 25.7 Å². The molecule has 78 valence electrons. The molecule has 0 radical (unpaired) electrons. The number of hydrogen-bond donors (Lipinski definition) is 0. The van der Waals surface area contributed by atoms with Gasteiger partial charge in [-0.15, -0.1) is 0 Å². The lowest BCUT2D eigenvalue weighted by Gasteiger charge is -2.07. The molecule has 0 unspecified atom stereocenters. The molecular weight excluding hydrogens is 172 g/mol. The number of carbonyl (C=O) groups excluding carboxylic acids is 1. The van der Waals surface area contributed by atoms with E-state index in [9.17, 15) is 4.79 Å². The van der Waals surface area contributed by atoms with Gasteiger partial charge in [-0.1, -0.05) is 13.8 Å². The SMILES string of the molecule is COCCOCCOC(=O)C(C)C. The molecule has 0 atom stereocenters. The van der Waals surface area contributed by atoms with Gasteiger partial charge in [0.2, 0.25) is 0 Å². The Labute approximate surface area is 79.2 Å². The van der Waals surface area contributed by atoms with Crippen molar-refractivity contribution in [3.63, 3.8) is 0 Å². The van der Waals surface area contributed by atoms with Gasteiger partial charge in [0.25, 0.3) is 0 Å². The van der Waals surface area contributed by atoms with Gasteiger partial charge in [-0.25, -0.2) is 0 Å². The highest BCUT2D eigenvalue weighted by Crippen LogP contribution is 1.94. The molecule has 0 aromatic rings. The zero-order chi connectivity index (χ0) is 10.1. The molecule has 0 amide bonds. The van der Waals surface area contributed by atoms with Crippen LogP contribution in [0.15, 0.2) is 0 Å². The third kappa shape index (κ3) is 7.74. The van der Waals surface area contributed by atoms with E-state index in [0.29, 0.717) is 26.4 Å². The van der Waals surface area contributed by atoms with Gasteiger partial charge in [-0.3, -0.25) is 4.79 Å². The molecule has 0 fully saturated rings. The monoisotopic (exact) mass is 190 g/mol. The molecule has 0 saturated heterocycles. The highest BCUT2D eigenvalue weighted by molar-refractivity contribution is 5.71. The first-order chi connectivity index (χ1) is 6.18. The van der Waals surface area contributed by atoms with Crippen molar-refractivity contribution in [1.29, 1.82) is 0 Å². The molecule has 0 spiro atoms. The molecule has 4 heteroatoms. The fourth-order valence-electron chi connectivity index (χ4n) is 0.612. The number of ether oxygens (including phenoxy) is 3. The molecule has 0 aliphatic carbocycles. The second kappa shape index (κ2) is 8.01. The Kier molecular flexibility index (Phi) is 7.63. The van der Waals surface area contributed by atoms with E-state index in [1.54, 1.807) is 21.0 Å². The highest BCUT2D eigenvalue weighted by atomic mass is 16.6. The lowest BCUT2D eigenvalue weighted by molar-refractivity contribution is -0.148. The van der Waals surface area contributed by atoms with Crippen molar-refractivity contribution in [1.82, 2.24) is 0 Å². The Bertz CT molecular complexity index is 134. The van der Waals surface area contributed by atoms with Gasteiger partial charge < -0.3 is 14.2 Å². The normalized spacial score (nSPS) is 10.5. The number of esters is 1. The van der Waals surface area contributed by atoms with Crippen LogP contribution in [0.2, 0.25) is 0 Å². The van der Waals surface area contributed by atoms with Gasteiger partial charge in [0.1, 0.15) is 6.61 Å². The summed E-state index contributed by atoms with van der Waals surface area (Å²) in [5.74, 6) is -0.255. The van der Waals surface area contributed by atoms with Crippen LogP contribution in [0.25, 0.3) is 0 Å². The minimum absolute atomic E-state index is 0.0704. The zero-order valence-electron chi connectivity index (χ0n) is 8.54. The van der Waals surface area contributed by atoms with Crippen LogP contribution in [0.1, 0.15) is 13.8 Å². The summed E-state index contributed by atoms with van der Waals surface area (Å²) >= 11 is 0. The first-order valence-corrected chi connectivity index (χ1v) is 4.41. The summed E-state index contributed by atoms with van der Waals surface area (Å²) in [5, 5.41) is 0. The molecule has 0 aromatic carbocycles. The predicted molar refractivity (Wildman–Crippen MR) is 48.5 cm³/mol. The lowest BCUT2D eigenvalue weighted by atomic mass is 10.2. The van der Waals surface area contributed by atoms with Crippen LogP contribution < -0.4 is 0 Å². The Morgan fingerprint density at radius 2 is 1.77 bits per heavy atom. The van der Waals surface area contributed by atoms with Crippen LogP contribution in [-0.2, 0) is 19.0 Å². The largest absolute Gasteiger partial charge is 0.463 e. The second-order valence-electron chi connectivity index (χ2n) is 2.93. The first-order valence-electron chi connectivity index (χ1n) is 4.41. The topological polar surface area (TPSA) is 44.8 Å². The fraction of sp³-hybridized carbons (Fsp3) is 0.889. The molecule has 0 aliphatic rings. The van der Waals surface area contributed by atoms with Crippen molar-refractivity contribution < 1.29 is 19.0 Å². The standard InChI is InChI=1S/C9H18O4/c1-8(2)9(10)13-7-6-12-5-4-11-3/h8H,4-7H2,1-3H3. The molecule has 0 bridgehead atoms. The van der Waals surface area contributed by atoms with Crippen molar-refractivity contribution in [3.8, 4) is 0 Å². The molecular formula is C9H18O4. The maximum Gasteiger partial charge on any atom is 0.308 e. The molecule has 4 nitrogen and oxygen atoms in total. The summed E-state index contributed by atoms with van der Waals surface area (Å²) in [6, 6.07) is 0. The fourth-order valence-corrected chi connectivity index (χ4v) is 0.612. The third-order valence-electron chi connectivity index (χ3n) is 1.38. The van der Waals surface area contributed by atoms with E-state index >= 15 is 0 Å². The smallest absolute Gasteiger partial charge is 0.308 e. The van der Waals surface area contributed by atoms with E-state index in [0.717, 1.165) is 0 Å². The summed E-state index contributed by atoms with van der Waals surface area (Å²) in [5.41, 5.74) is 0. The van der Waals surface area contributed by atoms with Crippen LogP contribution >= 0.6 is 0 Å². The van der Waals surface area contributed by atoms with E-state index in [1.165, 1.54) is 0 Å². The molecule has 0 aromatic heterocycles. The second-order valence-corrected chi connectivity index (χ2v) is 2.93. The van der Waals surface area contributed by atoms with Crippen molar-refractivity contribution >= 4 is 5.97 Å². The van der Waals surface area contributed by atoms with Crippen molar-refractivity contribution in [2.24, 2.45) is 5.92 Å². The Hall–Kier alpha value is -0.610. The number of hydrogen-bond acceptors (Lipinski definition) is 4. The quantitative estimate of drug-likeness (QED) is 0.441. The molecule has 13 heavy (non-hydrogen) atoms. The lowest BCUT2D eigenvalue weighted by Crippen LogP contribution is -2.16. The van der Waals surface area contributed by atoms with Crippen molar-refractivity contribution in [2.45, 2.75) is 13.8 Å². The molecule has 0 rings (SSSR count). The van der Waals surface area contributed by atoms with Gasteiger partial charge in [0.15, 0.2) is 0 Å². The summed E-state index contributed by atoms with van der Waals surface area (Å²) < 4.78 is 14.8. The number of methoxy groups -OCH3 is 1. The van der Waals surface area contributed by atoms with Crippen molar-refractivity contribution in [3.05, 3.63) is 0 Å². The van der Waals surface area contributed by atoms with Crippen LogP contribution in [0.4, 0.5) is 0 Å². The highest BCUT2D eigenvalue weighted by Gasteiger charge is 2.06. The van der Waals surface area contributed by atoms with Gasteiger partial charge in [-0.2, -0.15) is 0 Å². The minimum atomic E-state index is -0.185. The maximum absolute atomic E-state index is 10.9. The molecule has 0 N–H and O–H groups in total. The van der Waals surface area contributed by atoms with Crippen LogP contribution in [0.3, 0.4) is 0 Å². The summed E-state index contributed by atoms with van der Waals surface area (Å²) in [6.07, 6.45) is 0. The van der Waals surface area contributed by atoms with E-state index in [-0.39, 0.29) is 11.9 Å². The Balaban J connectivity index is 3.12. The predicted octanol–water partition coefficient (Wildman–Crippen LogP) is 0.849. The average molecular weight is 190 g/mol. The van der Waals surface area contributed by atoms with Gasteiger partial charge in [0, 0.05) is 7.11 Å². The average Bonchev–Trinajstić information content (AvgIpc) is 2.10. The van der Waals surface area contributed by atoms with Crippen molar-refractivity contribution in [2.75, 3.05) is 33.5 Å². The first kappa shape index (κ1) is 12.4. The van der Waals surface area contributed by atoms with E-state index in [1.807, 2.05) is 0 Å². The summed E-state index contributed by atoms with van der Waals surface area (Å²) in [6.45, 7) is 5.46. The summed E-state index contributed by atoms with van der Waals surface area (Å²) in [4.78, 5) is 10.9. The third-order valence-corrected chi connectivity index (χ3v) is 1.38. The molecule has 0 heterocycles. The molecule has 0 saturated carbocycles.